The summed E-state index contributed by atoms with van der Waals surface area (Å²) in [5.74, 6) is 1.07. The third-order valence-corrected chi connectivity index (χ3v) is 2.53. The van der Waals surface area contributed by atoms with Crippen molar-refractivity contribution in [2.45, 2.75) is 19.4 Å². The van der Waals surface area contributed by atoms with Gasteiger partial charge in [0.05, 0.1) is 6.26 Å². The third kappa shape index (κ3) is 3.55. The van der Waals surface area contributed by atoms with Crippen LogP contribution in [0.4, 0.5) is 0 Å². The number of rotatable bonds is 6. The van der Waals surface area contributed by atoms with Gasteiger partial charge in [-0.05, 0) is 30.7 Å². The van der Waals surface area contributed by atoms with Gasteiger partial charge in [-0.3, -0.25) is 0 Å². The van der Waals surface area contributed by atoms with E-state index in [4.69, 9.17) is 4.42 Å². The number of nitrogens with one attached hydrogen (secondary N) is 1. The third-order valence-electron chi connectivity index (χ3n) is 2.53. The van der Waals surface area contributed by atoms with Crippen LogP contribution in [0.5, 0.6) is 0 Å². The lowest BCUT2D eigenvalue weighted by Gasteiger charge is -2.03. The summed E-state index contributed by atoms with van der Waals surface area (Å²) in [6, 6.07) is 14.4. The van der Waals surface area contributed by atoms with E-state index in [-0.39, 0.29) is 0 Å². The standard InChI is InChI=1S/C14H17NO/c1-2-6-13(7-3-1)12-15-10-4-8-14-9-5-11-16-14/h1-3,5-7,9,11,15H,4,8,10,12H2. The predicted octanol–water partition coefficient (Wildman–Crippen LogP) is 3.00. The molecule has 16 heavy (non-hydrogen) atoms. The highest BCUT2D eigenvalue weighted by atomic mass is 16.3. The van der Waals surface area contributed by atoms with E-state index < -0.39 is 0 Å². The quantitative estimate of drug-likeness (QED) is 0.749. The van der Waals surface area contributed by atoms with E-state index in [1.807, 2.05) is 18.2 Å². The summed E-state index contributed by atoms with van der Waals surface area (Å²) >= 11 is 0. The van der Waals surface area contributed by atoms with Crippen LogP contribution in [0.1, 0.15) is 17.7 Å². The average molecular weight is 215 g/mol. The van der Waals surface area contributed by atoms with Crippen LogP contribution in [0.25, 0.3) is 0 Å². The average Bonchev–Trinajstić information content (AvgIpc) is 2.83. The number of furan rings is 1. The highest BCUT2D eigenvalue weighted by Crippen LogP contribution is 2.03. The first-order valence-corrected chi connectivity index (χ1v) is 5.72. The van der Waals surface area contributed by atoms with E-state index in [2.05, 4.69) is 29.6 Å². The van der Waals surface area contributed by atoms with Gasteiger partial charge in [0.15, 0.2) is 0 Å². The minimum atomic E-state index is 0.943. The van der Waals surface area contributed by atoms with Crippen molar-refractivity contribution in [3.05, 3.63) is 60.1 Å². The fourth-order valence-electron chi connectivity index (χ4n) is 1.67. The van der Waals surface area contributed by atoms with Gasteiger partial charge in [-0.1, -0.05) is 30.3 Å². The molecule has 2 heteroatoms. The van der Waals surface area contributed by atoms with Crippen LogP contribution in [0.15, 0.2) is 53.1 Å². The minimum Gasteiger partial charge on any atom is -0.469 e. The van der Waals surface area contributed by atoms with Crippen molar-refractivity contribution < 1.29 is 4.42 Å². The van der Waals surface area contributed by atoms with Crippen molar-refractivity contribution in [1.29, 1.82) is 0 Å². The highest BCUT2D eigenvalue weighted by Gasteiger charge is 1.95. The Kier molecular flexibility index (Phi) is 4.20. The van der Waals surface area contributed by atoms with Crippen LogP contribution >= 0.6 is 0 Å². The first-order chi connectivity index (χ1) is 7.95. The van der Waals surface area contributed by atoms with Crippen molar-refractivity contribution in [3.8, 4) is 0 Å². The Balaban J connectivity index is 1.59. The van der Waals surface area contributed by atoms with E-state index >= 15 is 0 Å². The van der Waals surface area contributed by atoms with Crippen LogP contribution in [-0.4, -0.2) is 6.54 Å². The largest absolute Gasteiger partial charge is 0.469 e. The molecule has 0 atom stereocenters. The molecule has 0 amide bonds. The van der Waals surface area contributed by atoms with Crippen molar-refractivity contribution in [1.82, 2.24) is 5.32 Å². The molecule has 0 aliphatic heterocycles. The van der Waals surface area contributed by atoms with Crippen LogP contribution in [0.2, 0.25) is 0 Å². The zero-order valence-corrected chi connectivity index (χ0v) is 9.36. The fourth-order valence-corrected chi connectivity index (χ4v) is 1.67. The summed E-state index contributed by atoms with van der Waals surface area (Å²) in [5, 5.41) is 3.42. The molecular weight excluding hydrogens is 198 g/mol. The highest BCUT2D eigenvalue weighted by molar-refractivity contribution is 5.14. The van der Waals surface area contributed by atoms with Gasteiger partial charge in [0.25, 0.3) is 0 Å². The Morgan fingerprint density at radius 2 is 1.88 bits per heavy atom. The van der Waals surface area contributed by atoms with Crippen LogP contribution in [0, 0.1) is 0 Å². The molecule has 2 aromatic rings. The smallest absolute Gasteiger partial charge is 0.103 e. The maximum Gasteiger partial charge on any atom is 0.103 e. The van der Waals surface area contributed by atoms with Gasteiger partial charge in [-0.25, -0.2) is 0 Å². The van der Waals surface area contributed by atoms with Gasteiger partial charge >= 0.3 is 0 Å². The van der Waals surface area contributed by atoms with Crippen LogP contribution in [-0.2, 0) is 13.0 Å². The molecule has 0 bridgehead atoms. The molecule has 0 aliphatic rings. The molecule has 1 N–H and O–H groups in total. The Morgan fingerprint density at radius 3 is 2.62 bits per heavy atom. The summed E-state index contributed by atoms with van der Waals surface area (Å²) in [6.07, 6.45) is 3.85. The van der Waals surface area contributed by atoms with Crippen molar-refractivity contribution in [3.63, 3.8) is 0 Å². The molecule has 1 aromatic heterocycles. The lowest BCUT2D eigenvalue weighted by molar-refractivity contribution is 0.496. The van der Waals surface area contributed by atoms with E-state index in [1.165, 1.54) is 5.56 Å². The van der Waals surface area contributed by atoms with Crippen molar-refractivity contribution in [2.75, 3.05) is 6.54 Å². The molecule has 0 aliphatic carbocycles. The molecule has 0 unspecified atom stereocenters. The molecule has 0 spiro atoms. The zero-order chi connectivity index (χ0) is 11.1. The molecule has 2 nitrogen and oxygen atoms in total. The first kappa shape index (κ1) is 11.0. The molecule has 1 heterocycles. The molecule has 2 rings (SSSR count). The number of benzene rings is 1. The second kappa shape index (κ2) is 6.13. The van der Waals surface area contributed by atoms with Gasteiger partial charge in [0, 0.05) is 13.0 Å². The first-order valence-electron chi connectivity index (χ1n) is 5.72. The second-order valence-electron chi connectivity index (χ2n) is 3.85. The van der Waals surface area contributed by atoms with E-state index in [1.54, 1.807) is 6.26 Å². The summed E-state index contributed by atoms with van der Waals surface area (Å²) in [5.41, 5.74) is 1.33. The molecule has 0 radical (unpaired) electrons. The zero-order valence-electron chi connectivity index (χ0n) is 9.36. The summed E-state index contributed by atoms with van der Waals surface area (Å²) in [6.45, 7) is 1.97. The number of aryl methyl sites for hydroxylation is 1. The predicted molar refractivity (Wildman–Crippen MR) is 65.2 cm³/mol. The number of hydrogen-bond donors (Lipinski definition) is 1. The summed E-state index contributed by atoms with van der Waals surface area (Å²) in [4.78, 5) is 0. The number of hydrogen-bond acceptors (Lipinski definition) is 2. The lowest BCUT2D eigenvalue weighted by atomic mass is 10.2. The Morgan fingerprint density at radius 1 is 1.00 bits per heavy atom. The summed E-state index contributed by atoms with van der Waals surface area (Å²) < 4.78 is 5.27. The Bertz CT molecular complexity index is 380. The molecule has 1 aromatic carbocycles. The van der Waals surface area contributed by atoms with Crippen molar-refractivity contribution in [2.24, 2.45) is 0 Å². The normalized spacial score (nSPS) is 10.5. The van der Waals surface area contributed by atoms with Gasteiger partial charge in [0.1, 0.15) is 5.76 Å². The SMILES string of the molecule is c1ccc(CNCCCc2ccco2)cc1. The molecule has 84 valence electrons. The fraction of sp³-hybridized carbons (Fsp3) is 0.286. The molecule has 0 saturated heterocycles. The van der Waals surface area contributed by atoms with Gasteiger partial charge < -0.3 is 9.73 Å². The van der Waals surface area contributed by atoms with Gasteiger partial charge in [-0.15, -0.1) is 0 Å². The minimum absolute atomic E-state index is 0.943. The second-order valence-corrected chi connectivity index (χ2v) is 3.85. The maximum atomic E-state index is 5.27. The topological polar surface area (TPSA) is 25.2 Å². The summed E-state index contributed by atoms with van der Waals surface area (Å²) in [7, 11) is 0. The lowest BCUT2D eigenvalue weighted by Crippen LogP contribution is -2.15. The van der Waals surface area contributed by atoms with Crippen molar-refractivity contribution >= 4 is 0 Å². The van der Waals surface area contributed by atoms with Crippen LogP contribution in [0.3, 0.4) is 0 Å². The molecule has 0 saturated carbocycles. The Hall–Kier alpha value is -1.54. The van der Waals surface area contributed by atoms with E-state index in [0.717, 1.165) is 31.7 Å². The van der Waals surface area contributed by atoms with Crippen LogP contribution < -0.4 is 5.32 Å². The monoisotopic (exact) mass is 215 g/mol. The van der Waals surface area contributed by atoms with E-state index in [9.17, 15) is 0 Å². The molecular formula is C14H17NO. The Labute approximate surface area is 96.3 Å². The van der Waals surface area contributed by atoms with Gasteiger partial charge in [0.2, 0.25) is 0 Å². The van der Waals surface area contributed by atoms with Gasteiger partial charge in [-0.2, -0.15) is 0 Å². The molecule has 0 fully saturated rings. The maximum absolute atomic E-state index is 5.27. The van der Waals surface area contributed by atoms with E-state index in [0.29, 0.717) is 0 Å².